The van der Waals surface area contributed by atoms with Crippen LogP contribution < -0.4 is 16.0 Å². The second-order valence-corrected chi connectivity index (χ2v) is 9.51. The molecule has 4 rings (SSSR count). The van der Waals surface area contributed by atoms with Crippen molar-refractivity contribution in [3.63, 3.8) is 0 Å². The van der Waals surface area contributed by atoms with Gasteiger partial charge in [0.25, 0.3) is 5.91 Å². The molecule has 1 saturated heterocycles. The van der Waals surface area contributed by atoms with Gasteiger partial charge in [0.05, 0.1) is 24.5 Å². The van der Waals surface area contributed by atoms with E-state index in [0.29, 0.717) is 58.6 Å². The average molecular weight is 540 g/mol. The number of carbonyl (C=O) groups excluding carboxylic acids is 2. The highest BCUT2D eigenvalue weighted by Crippen LogP contribution is 2.36. The number of urea groups is 1. The molecule has 13 heteroatoms. The minimum Gasteiger partial charge on any atom is -0.478 e. The van der Waals surface area contributed by atoms with Gasteiger partial charge >= 0.3 is 12.0 Å². The van der Waals surface area contributed by atoms with Gasteiger partial charge in [0.1, 0.15) is 15.7 Å². The number of hydrogen-bond acceptors (Lipinski definition) is 9. The van der Waals surface area contributed by atoms with Crippen molar-refractivity contribution in [1.82, 2.24) is 30.5 Å². The summed E-state index contributed by atoms with van der Waals surface area (Å²) in [5, 5.41) is 18.2. The summed E-state index contributed by atoms with van der Waals surface area (Å²) < 4.78 is 5.36. The third kappa shape index (κ3) is 6.68. The van der Waals surface area contributed by atoms with E-state index in [4.69, 9.17) is 4.74 Å². The maximum absolute atomic E-state index is 13.0. The van der Waals surface area contributed by atoms with Crippen LogP contribution in [0, 0.1) is 6.92 Å². The van der Waals surface area contributed by atoms with Crippen LogP contribution in [0.5, 0.6) is 0 Å². The number of nitrogens with zero attached hydrogens (tertiary/aromatic N) is 4. The maximum Gasteiger partial charge on any atom is 0.337 e. The first kappa shape index (κ1) is 27.1. The molecular weight excluding hydrogens is 510 g/mol. The van der Waals surface area contributed by atoms with Crippen molar-refractivity contribution in [2.45, 2.75) is 13.8 Å². The quantitative estimate of drug-likeness (QED) is 0.320. The number of thiazole rings is 1. The standard InChI is InChI=1S/C25H29N7O5S/c1-3-27-25(36)31-20-11-18(19(14-29-20)16-10-17(24(34)35)13-26-12-16)23-30-15(2)21(38-23)22(33)28-4-5-32-6-8-37-9-7-32/h10-14H,3-9H2,1-2H3,(H,28,33)(H,34,35)(H2,27,29,31,36). The number of hydrogen-bond donors (Lipinski definition) is 4. The molecular formula is C25H29N7O5S. The van der Waals surface area contributed by atoms with Crippen LogP contribution in [0.2, 0.25) is 0 Å². The van der Waals surface area contributed by atoms with E-state index in [1.165, 1.54) is 36.0 Å². The average Bonchev–Trinajstić information content (AvgIpc) is 3.31. The first-order valence-electron chi connectivity index (χ1n) is 12.2. The molecule has 0 bridgehead atoms. The van der Waals surface area contributed by atoms with Gasteiger partial charge in [-0.3, -0.25) is 20.0 Å². The fourth-order valence-electron chi connectivity index (χ4n) is 3.91. The molecule has 1 fully saturated rings. The third-order valence-electron chi connectivity index (χ3n) is 5.83. The van der Waals surface area contributed by atoms with Gasteiger partial charge in [-0.2, -0.15) is 0 Å². The zero-order valence-corrected chi connectivity index (χ0v) is 21.9. The lowest BCUT2D eigenvalue weighted by atomic mass is 10.0. The molecule has 0 aromatic carbocycles. The minimum absolute atomic E-state index is 0.0219. The highest BCUT2D eigenvalue weighted by molar-refractivity contribution is 7.17. The first-order valence-corrected chi connectivity index (χ1v) is 13.0. The molecule has 3 aromatic rings. The normalized spacial score (nSPS) is 13.6. The number of anilines is 1. The van der Waals surface area contributed by atoms with E-state index >= 15 is 0 Å². The Morgan fingerprint density at radius 2 is 1.89 bits per heavy atom. The van der Waals surface area contributed by atoms with E-state index in [0.717, 1.165) is 19.6 Å². The molecule has 3 aromatic heterocycles. The summed E-state index contributed by atoms with van der Waals surface area (Å²) in [4.78, 5) is 52.3. The summed E-state index contributed by atoms with van der Waals surface area (Å²) in [6.07, 6.45) is 4.32. The number of carboxylic acid groups (broad SMARTS) is 1. The van der Waals surface area contributed by atoms with E-state index in [2.05, 4.69) is 35.8 Å². The molecule has 0 spiro atoms. The van der Waals surface area contributed by atoms with Crippen molar-refractivity contribution in [1.29, 1.82) is 0 Å². The minimum atomic E-state index is -1.11. The number of carboxylic acids is 1. The van der Waals surface area contributed by atoms with Crippen LogP contribution in [0.15, 0.2) is 30.7 Å². The van der Waals surface area contributed by atoms with Crippen LogP contribution in [-0.2, 0) is 4.74 Å². The lowest BCUT2D eigenvalue weighted by Crippen LogP contribution is -2.41. The van der Waals surface area contributed by atoms with E-state index in [1.807, 2.05) is 0 Å². The zero-order valence-electron chi connectivity index (χ0n) is 21.1. The predicted octanol–water partition coefficient (Wildman–Crippen LogP) is 2.48. The Kier molecular flexibility index (Phi) is 8.94. The molecule has 38 heavy (non-hydrogen) atoms. The third-order valence-corrected chi connectivity index (χ3v) is 7.02. The molecule has 4 heterocycles. The Labute approximate surface area is 223 Å². The number of pyridine rings is 2. The molecule has 1 aliphatic heterocycles. The number of morpholine rings is 1. The van der Waals surface area contributed by atoms with Crippen molar-refractivity contribution in [3.8, 4) is 21.7 Å². The number of carbonyl (C=O) groups is 3. The van der Waals surface area contributed by atoms with Gasteiger partial charge in [-0.1, -0.05) is 0 Å². The van der Waals surface area contributed by atoms with E-state index < -0.39 is 12.0 Å². The molecule has 200 valence electrons. The molecule has 4 N–H and O–H groups in total. The summed E-state index contributed by atoms with van der Waals surface area (Å²) in [6, 6.07) is 2.73. The number of ether oxygens (including phenoxy) is 1. The first-order chi connectivity index (χ1) is 18.4. The van der Waals surface area contributed by atoms with Gasteiger partial charge in [-0.05, 0) is 26.0 Å². The van der Waals surface area contributed by atoms with E-state index in [-0.39, 0.29) is 17.3 Å². The van der Waals surface area contributed by atoms with E-state index in [1.54, 1.807) is 19.9 Å². The largest absolute Gasteiger partial charge is 0.478 e. The molecule has 0 atom stereocenters. The number of aromatic nitrogens is 3. The summed E-state index contributed by atoms with van der Waals surface area (Å²) in [7, 11) is 0. The summed E-state index contributed by atoms with van der Waals surface area (Å²) in [6.45, 7) is 8.32. The lowest BCUT2D eigenvalue weighted by molar-refractivity contribution is 0.0383. The van der Waals surface area contributed by atoms with Gasteiger partial charge in [0.15, 0.2) is 0 Å². The SMILES string of the molecule is CCNC(=O)Nc1cc(-c2nc(C)c(C(=O)NCCN3CCOCC3)s2)c(-c2cncc(C(=O)O)c2)cn1. The van der Waals surface area contributed by atoms with Crippen LogP contribution in [0.4, 0.5) is 10.6 Å². The number of aryl methyl sites for hydroxylation is 1. The second kappa shape index (κ2) is 12.5. The van der Waals surface area contributed by atoms with Gasteiger partial charge in [0, 0.05) is 68.0 Å². The topological polar surface area (TPSA) is 159 Å². The fourth-order valence-corrected chi connectivity index (χ4v) is 4.92. The van der Waals surface area contributed by atoms with Gasteiger partial charge in [-0.25, -0.2) is 19.6 Å². The fraction of sp³-hybridized carbons (Fsp3) is 0.360. The van der Waals surface area contributed by atoms with Crippen molar-refractivity contribution in [2.75, 3.05) is 51.3 Å². The molecule has 0 saturated carbocycles. The Hall–Kier alpha value is -3.94. The highest BCUT2D eigenvalue weighted by Gasteiger charge is 2.21. The van der Waals surface area contributed by atoms with Crippen molar-refractivity contribution in [3.05, 3.63) is 46.9 Å². The summed E-state index contributed by atoms with van der Waals surface area (Å²) in [5.74, 6) is -1.05. The Balaban J connectivity index is 1.63. The zero-order chi connectivity index (χ0) is 27.1. The van der Waals surface area contributed by atoms with Crippen molar-refractivity contribution < 1.29 is 24.2 Å². The molecule has 1 aliphatic rings. The Bertz CT molecular complexity index is 1320. The Morgan fingerprint density at radius 3 is 2.63 bits per heavy atom. The monoisotopic (exact) mass is 539 g/mol. The van der Waals surface area contributed by atoms with Crippen molar-refractivity contribution >= 4 is 35.1 Å². The van der Waals surface area contributed by atoms with Gasteiger partial charge in [-0.15, -0.1) is 11.3 Å². The van der Waals surface area contributed by atoms with Crippen LogP contribution in [0.3, 0.4) is 0 Å². The molecule has 0 radical (unpaired) electrons. The number of amides is 3. The van der Waals surface area contributed by atoms with Crippen LogP contribution in [-0.4, -0.2) is 88.8 Å². The lowest BCUT2D eigenvalue weighted by Gasteiger charge is -2.26. The predicted molar refractivity (Wildman–Crippen MR) is 143 cm³/mol. The summed E-state index contributed by atoms with van der Waals surface area (Å²) in [5.41, 5.74) is 2.24. The molecule has 12 nitrogen and oxygen atoms in total. The number of aromatic carboxylic acids is 1. The Morgan fingerprint density at radius 1 is 1.11 bits per heavy atom. The van der Waals surface area contributed by atoms with Gasteiger partial charge in [0.2, 0.25) is 0 Å². The van der Waals surface area contributed by atoms with E-state index in [9.17, 15) is 19.5 Å². The molecule has 0 aliphatic carbocycles. The summed E-state index contributed by atoms with van der Waals surface area (Å²) >= 11 is 1.21. The smallest absolute Gasteiger partial charge is 0.337 e. The second-order valence-electron chi connectivity index (χ2n) is 8.51. The number of nitrogens with one attached hydrogen (secondary N) is 3. The van der Waals surface area contributed by atoms with Gasteiger partial charge < -0.3 is 20.5 Å². The molecule has 0 unspecified atom stereocenters. The van der Waals surface area contributed by atoms with Crippen LogP contribution >= 0.6 is 11.3 Å². The van der Waals surface area contributed by atoms with Crippen molar-refractivity contribution in [2.24, 2.45) is 0 Å². The van der Waals surface area contributed by atoms with Crippen LogP contribution in [0.25, 0.3) is 21.7 Å². The highest BCUT2D eigenvalue weighted by atomic mass is 32.1. The number of rotatable bonds is 9. The van der Waals surface area contributed by atoms with Crippen LogP contribution in [0.1, 0.15) is 32.6 Å². The molecule has 3 amide bonds. The maximum atomic E-state index is 13.0.